The second kappa shape index (κ2) is 5.67. The Hall–Kier alpha value is -1.16. The summed E-state index contributed by atoms with van der Waals surface area (Å²) in [6.45, 7) is 5.89. The first kappa shape index (κ1) is 17.3. The molecular formula is C21H30O4. The predicted octanol–water partition coefficient (Wildman–Crippen LogP) is 3.42. The van der Waals surface area contributed by atoms with E-state index in [0.29, 0.717) is 23.5 Å². The Morgan fingerprint density at radius 1 is 1.16 bits per heavy atom. The van der Waals surface area contributed by atoms with E-state index in [1.807, 2.05) is 0 Å². The molecule has 138 valence electrons. The SMILES string of the molecule is CC(=O)OC1CC[C@@]2(C)C(=CC[C@@H]3[C@@H]2CC[C@]2(C)C(=O)CC[C@@H]32)C1O. The number of fused-ring (bicyclic) bond motifs is 5. The number of carbonyl (C=O) groups excluding carboxylic acids is 2. The molecule has 4 aliphatic rings. The minimum absolute atomic E-state index is 0.0219. The van der Waals surface area contributed by atoms with Crippen molar-refractivity contribution in [3.8, 4) is 0 Å². The number of hydrogen-bond donors (Lipinski definition) is 1. The van der Waals surface area contributed by atoms with E-state index in [-0.39, 0.29) is 16.8 Å². The van der Waals surface area contributed by atoms with Crippen LogP contribution in [0.25, 0.3) is 0 Å². The molecule has 25 heavy (non-hydrogen) atoms. The van der Waals surface area contributed by atoms with Crippen LogP contribution in [-0.2, 0) is 14.3 Å². The Balaban J connectivity index is 1.64. The summed E-state index contributed by atoms with van der Waals surface area (Å²) in [7, 11) is 0. The normalized spacial score (nSPS) is 48.9. The zero-order valence-corrected chi connectivity index (χ0v) is 15.6. The Kier molecular flexibility index (Phi) is 3.91. The third-order valence-electron chi connectivity index (χ3n) is 8.17. The van der Waals surface area contributed by atoms with E-state index in [4.69, 9.17) is 4.74 Å². The van der Waals surface area contributed by atoms with Crippen molar-refractivity contribution < 1.29 is 19.4 Å². The number of aliphatic hydroxyl groups excluding tert-OH is 1. The summed E-state index contributed by atoms with van der Waals surface area (Å²) in [6.07, 6.45) is 7.60. The largest absolute Gasteiger partial charge is 0.459 e. The van der Waals surface area contributed by atoms with Crippen molar-refractivity contribution in [2.24, 2.45) is 28.6 Å². The van der Waals surface area contributed by atoms with Gasteiger partial charge in [-0.3, -0.25) is 9.59 Å². The van der Waals surface area contributed by atoms with Gasteiger partial charge in [0.1, 0.15) is 18.0 Å². The number of aliphatic hydroxyl groups is 1. The van der Waals surface area contributed by atoms with Crippen LogP contribution in [0.3, 0.4) is 0 Å². The van der Waals surface area contributed by atoms with E-state index in [1.165, 1.54) is 6.92 Å². The van der Waals surface area contributed by atoms with Gasteiger partial charge in [-0.15, -0.1) is 0 Å². The Bertz CT molecular complexity index is 638. The molecule has 0 aromatic carbocycles. The fourth-order valence-electron chi connectivity index (χ4n) is 6.81. The highest BCUT2D eigenvalue weighted by molar-refractivity contribution is 5.87. The quantitative estimate of drug-likeness (QED) is 0.584. The monoisotopic (exact) mass is 346 g/mol. The highest BCUT2D eigenvalue weighted by Gasteiger charge is 2.59. The van der Waals surface area contributed by atoms with Gasteiger partial charge in [0.15, 0.2) is 0 Å². The highest BCUT2D eigenvalue weighted by atomic mass is 16.6. The molecule has 0 bridgehead atoms. The zero-order chi connectivity index (χ0) is 18.0. The van der Waals surface area contributed by atoms with Crippen molar-refractivity contribution in [1.29, 1.82) is 0 Å². The van der Waals surface area contributed by atoms with Crippen LogP contribution < -0.4 is 0 Å². The van der Waals surface area contributed by atoms with Crippen molar-refractivity contribution in [3.05, 3.63) is 11.6 Å². The molecule has 0 saturated heterocycles. The maximum atomic E-state index is 12.5. The van der Waals surface area contributed by atoms with Gasteiger partial charge in [0.2, 0.25) is 0 Å². The number of carbonyl (C=O) groups is 2. The maximum Gasteiger partial charge on any atom is 0.303 e. The molecule has 4 rings (SSSR count). The molecule has 4 heteroatoms. The fraction of sp³-hybridized carbons (Fsp3) is 0.810. The number of allylic oxidation sites excluding steroid dienone is 1. The van der Waals surface area contributed by atoms with Gasteiger partial charge in [-0.05, 0) is 67.3 Å². The summed E-state index contributed by atoms with van der Waals surface area (Å²) in [6, 6.07) is 0. The molecule has 3 fully saturated rings. The summed E-state index contributed by atoms with van der Waals surface area (Å²) in [5.74, 6) is 1.73. The van der Waals surface area contributed by atoms with E-state index in [1.54, 1.807) is 0 Å². The number of ether oxygens (including phenoxy) is 1. The molecule has 0 radical (unpaired) electrons. The van der Waals surface area contributed by atoms with Crippen LogP contribution in [0.15, 0.2) is 11.6 Å². The van der Waals surface area contributed by atoms with Crippen molar-refractivity contribution in [1.82, 2.24) is 0 Å². The number of hydrogen-bond acceptors (Lipinski definition) is 4. The molecule has 0 aromatic heterocycles. The van der Waals surface area contributed by atoms with Crippen molar-refractivity contribution in [2.75, 3.05) is 0 Å². The Morgan fingerprint density at radius 2 is 1.84 bits per heavy atom. The number of rotatable bonds is 1. The van der Waals surface area contributed by atoms with Crippen LogP contribution in [0.5, 0.6) is 0 Å². The molecule has 1 N–H and O–H groups in total. The first-order chi connectivity index (χ1) is 11.8. The van der Waals surface area contributed by atoms with E-state index in [9.17, 15) is 14.7 Å². The second-order valence-electron chi connectivity index (χ2n) is 9.24. The van der Waals surface area contributed by atoms with E-state index >= 15 is 0 Å². The molecule has 0 amide bonds. The van der Waals surface area contributed by atoms with Gasteiger partial charge in [0.25, 0.3) is 0 Å². The predicted molar refractivity (Wildman–Crippen MR) is 93.7 cm³/mol. The topological polar surface area (TPSA) is 63.6 Å². The van der Waals surface area contributed by atoms with E-state index in [2.05, 4.69) is 19.9 Å². The van der Waals surface area contributed by atoms with Crippen LogP contribution in [-0.4, -0.2) is 29.1 Å². The van der Waals surface area contributed by atoms with Crippen molar-refractivity contribution >= 4 is 11.8 Å². The lowest BCUT2D eigenvalue weighted by atomic mass is 9.47. The van der Waals surface area contributed by atoms with Gasteiger partial charge in [-0.2, -0.15) is 0 Å². The molecule has 0 aromatic rings. The summed E-state index contributed by atoms with van der Waals surface area (Å²) in [4.78, 5) is 23.8. The smallest absolute Gasteiger partial charge is 0.303 e. The second-order valence-corrected chi connectivity index (χ2v) is 9.24. The minimum Gasteiger partial charge on any atom is -0.459 e. The van der Waals surface area contributed by atoms with Gasteiger partial charge in [0, 0.05) is 18.8 Å². The number of Topliss-reactive ketones (excluding diaryl/α,β-unsaturated/α-hetero) is 1. The van der Waals surface area contributed by atoms with Crippen molar-refractivity contribution in [2.45, 2.75) is 77.9 Å². The average molecular weight is 346 g/mol. The molecule has 2 unspecified atom stereocenters. The Morgan fingerprint density at radius 3 is 2.56 bits per heavy atom. The van der Waals surface area contributed by atoms with E-state index < -0.39 is 12.2 Å². The lowest BCUT2D eigenvalue weighted by Gasteiger charge is -2.57. The molecule has 0 heterocycles. The molecule has 4 aliphatic carbocycles. The lowest BCUT2D eigenvalue weighted by Crippen LogP contribution is -2.54. The molecule has 0 aliphatic heterocycles. The van der Waals surface area contributed by atoms with Gasteiger partial charge in [-0.1, -0.05) is 19.9 Å². The van der Waals surface area contributed by atoms with Gasteiger partial charge in [-0.25, -0.2) is 0 Å². The standard InChI is InChI=1S/C21H30O4/c1-12(22)25-17-9-11-20(2)15-8-10-21(3)14(6-7-18(21)23)13(15)4-5-16(20)19(17)24/h5,13-15,17,19,24H,4,6-11H2,1-3H3/t13-,14-,15-,17?,19?,20+,21-/m0/s1. The summed E-state index contributed by atoms with van der Waals surface area (Å²) >= 11 is 0. The summed E-state index contributed by atoms with van der Waals surface area (Å²) in [5, 5.41) is 10.8. The maximum absolute atomic E-state index is 12.5. The first-order valence-electron chi connectivity index (χ1n) is 9.86. The average Bonchev–Trinajstić information content (AvgIpc) is 2.86. The zero-order valence-electron chi connectivity index (χ0n) is 15.6. The third kappa shape index (κ3) is 2.36. The van der Waals surface area contributed by atoms with Crippen molar-refractivity contribution in [3.63, 3.8) is 0 Å². The first-order valence-corrected chi connectivity index (χ1v) is 9.86. The molecule has 0 spiro atoms. The van der Waals surface area contributed by atoms with Crippen LogP contribution in [0, 0.1) is 28.6 Å². The molecule has 7 atom stereocenters. The molecular weight excluding hydrogens is 316 g/mol. The van der Waals surface area contributed by atoms with Gasteiger partial charge < -0.3 is 9.84 Å². The summed E-state index contributed by atoms with van der Waals surface area (Å²) in [5.41, 5.74) is 0.946. The molecule has 3 saturated carbocycles. The molecule has 4 nitrogen and oxygen atoms in total. The van der Waals surface area contributed by atoms with Crippen LogP contribution in [0.1, 0.15) is 65.7 Å². The van der Waals surface area contributed by atoms with Crippen LogP contribution in [0.2, 0.25) is 0 Å². The number of esters is 1. The van der Waals surface area contributed by atoms with Crippen LogP contribution >= 0.6 is 0 Å². The third-order valence-corrected chi connectivity index (χ3v) is 8.17. The van der Waals surface area contributed by atoms with Gasteiger partial charge in [0.05, 0.1) is 0 Å². The lowest BCUT2D eigenvalue weighted by molar-refractivity contribution is -0.156. The summed E-state index contributed by atoms with van der Waals surface area (Å²) < 4.78 is 5.36. The number of ketones is 1. The minimum atomic E-state index is -0.679. The fourth-order valence-corrected chi connectivity index (χ4v) is 6.81. The van der Waals surface area contributed by atoms with E-state index in [0.717, 1.165) is 50.5 Å². The Labute approximate surface area is 150 Å². The van der Waals surface area contributed by atoms with Crippen LogP contribution in [0.4, 0.5) is 0 Å². The highest BCUT2D eigenvalue weighted by Crippen LogP contribution is 2.64. The van der Waals surface area contributed by atoms with Gasteiger partial charge >= 0.3 is 5.97 Å².